The van der Waals surface area contributed by atoms with Crippen LogP contribution in [-0.4, -0.2) is 16.0 Å². The van der Waals surface area contributed by atoms with Crippen molar-refractivity contribution < 1.29 is 0 Å². The van der Waals surface area contributed by atoms with Crippen molar-refractivity contribution in [3.05, 3.63) is 47.3 Å². The average molecular weight is 269 g/mol. The Morgan fingerprint density at radius 2 is 1.80 bits per heavy atom. The summed E-state index contributed by atoms with van der Waals surface area (Å²) in [6, 6.07) is 11.0. The van der Waals surface area contributed by atoms with Crippen molar-refractivity contribution in [1.29, 1.82) is 0 Å². The third-order valence-corrected chi connectivity index (χ3v) is 3.73. The number of nitrogens with two attached hydrogens (primary N) is 1. The van der Waals surface area contributed by atoms with E-state index in [9.17, 15) is 0 Å². The van der Waals surface area contributed by atoms with Crippen LogP contribution in [0.3, 0.4) is 0 Å². The first kappa shape index (κ1) is 12.9. The van der Waals surface area contributed by atoms with Gasteiger partial charge in [-0.1, -0.05) is 30.3 Å². The molecule has 104 valence electrons. The first-order valence-corrected chi connectivity index (χ1v) is 6.82. The minimum Gasteiger partial charge on any atom is -0.366 e. The zero-order valence-corrected chi connectivity index (χ0v) is 11.7. The predicted octanol–water partition coefficient (Wildman–Crippen LogP) is 2.35. The van der Waals surface area contributed by atoms with E-state index in [4.69, 9.17) is 5.84 Å². The molecule has 1 aliphatic carbocycles. The minimum absolute atomic E-state index is 0.441. The Balaban J connectivity index is 1.76. The molecule has 2 aromatic rings. The van der Waals surface area contributed by atoms with E-state index in [2.05, 4.69) is 45.0 Å². The SMILES string of the molecule is Cc1nc(NN)c(C)c(NC2CC2c2ccccc2)n1. The van der Waals surface area contributed by atoms with Crippen molar-refractivity contribution in [3.63, 3.8) is 0 Å². The van der Waals surface area contributed by atoms with Gasteiger partial charge in [0.2, 0.25) is 0 Å². The number of hydrogen-bond acceptors (Lipinski definition) is 5. The molecule has 0 radical (unpaired) electrons. The standard InChI is InChI=1S/C15H19N5/c1-9-14(17-10(2)18-15(9)20-16)19-13-8-12(13)11-6-4-3-5-7-11/h3-7,12-13H,8,16H2,1-2H3,(H2,17,18,19,20). The van der Waals surface area contributed by atoms with Crippen molar-refractivity contribution in [1.82, 2.24) is 9.97 Å². The third-order valence-electron chi connectivity index (χ3n) is 3.73. The minimum atomic E-state index is 0.441. The number of aryl methyl sites for hydroxylation is 1. The molecule has 0 amide bonds. The molecule has 2 unspecified atom stereocenters. The molecule has 1 fully saturated rings. The molecule has 1 aliphatic rings. The van der Waals surface area contributed by atoms with Crippen LogP contribution in [0.5, 0.6) is 0 Å². The monoisotopic (exact) mass is 269 g/mol. The molecule has 1 aromatic carbocycles. The van der Waals surface area contributed by atoms with Crippen LogP contribution in [0, 0.1) is 13.8 Å². The van der Waals surface area contributed by atoms with Gasteiger partial charge in [0.25, 0.3) is 0 Å². The molecule has 2 atom stereocenters. The maximum absolute atomic E-state index is 5.49. The zero-order valence-electron chi connectivity index (χ0n) is 11.7. The quantitative estimate of drug-likeness (QED) is 0.587. The molecule has 4 N–H and O–H groups in total. The molecule has 0 saturated heterocycles. The van der Waals surface area contributed by atoms with Crippen LogP contribution < -0.4 is 16.6 Å². The Kier molecular flexibility index (Phi) is 3.28. The molecule has 0 bridgehead atoms. The molecule has 20 heavy (non-hydrogen) atoms. The predicted molar refractivity (Wildman–Crippen MR) is 80.5 cm³/mol. The molecule has 0 aliphatic heterocycles. The van der Waals surface area contributed by atoms with Crippen LogP contribution in [0.2, 0.25) is 0 Å². The fourth-order valence-corrected chi connectivity index (χ4v) is 2.51. The first-order valence-electron chi connectivity index (χ1n) is 6.82. The summed E-state index contributed by atoms with van der Waals surface area (Å²) in [4.78, 5) is 8.74. The highest BCUT2D eigenvalue weighted by molar-refractivity contribution is 5.58. The van der Waals surface area contributed by atoms with Crippen LogP contribution in [0.4, 0.5) is 11.6 Å². The first-order chi connectivity index (χ1) is 9.69. The number of nitrogen functional groups attached to an aromatic ring is 1. The normalized spacial score (nSPS) is 20.6. The smallest absolute Gasteiger partial charge is 0.148 e. The number of benzene rings is 1. The van der Waals surface area contributed by atoms with Crippen LogP contribution in [0.1, 0.15) is 29.3 Å². The number of nitrogens with one attached hydrogen (secondary N) is 2. The highest BCUT2D eigenvalue weighted by Crippen LogP contribution is 2.43. The molecule has 3 rings (SSSR count). The van der Waals surface area contributed by atoms with E-state index in [-0.39, 0.29) is 0 Å². The van der Waals surface area contributed by atoms with Crippen LogP contribution in [-0.2, 0) is 0 Å². The maximum Gasteiger partial charge on any atom is 0.148 e. The van der Waals surface area contributed by atoms with E-state index in [1.54, 1.807) is 0 Å². The molecular weight excluding hydrogens is 250 g/mol. The highest BCUT2D eigenvalue weighted by Gasteiger charge is 2.38. The van der Waals surface area contributed by atoms with Crippen molar-refractivity contribution in [2.24, 2.45) is 5.84 Å². The Morgan fingerprint density at radius 3 is 2.50 bits per heavy atom. The number of hydrazine groups is 1. The summed E-state index contributed by atoms with van der Waals surface area (Å²) in [6.45, 7) is 3.84. The number of rotatable bonds is 4. The van der Waals surface area contributed by atoms with Crippen LogP contribution in [0.25, 0.3) is 0 Å². The van der Waals surface area contributed by atoms with Gasteiger partial charge in [-0.3, -0.25) is 0 Å². The van der Waals surface area contributed by atoms with Crippen LogP contribution >= 0.6 is 0 Å². The van der Waals surface area contributed by atoms with Gasteiger partial charge in [0, 0.05) is 17.5 Å². The van der Waals surface area contributed by atoms with E-state index < -0.39 is 0 Å². The summed E-state index contributed by atoms with van der Waals surface area (Å²) in [7, 11) is 0. The zero-order chi connectivity index (χ0) is 14.1. The molecule has 1 heterocycles. The van der Waals surface area contributed by atoms with Gasteiger partial charge < -0.3 is 10.7 Å². The van der Waals surface area contributed by atoms with Crippen molar-refractivity contribution in [3.8, 4) is 0 Å². The lowest BCUT2D eigenvalue weighted by Gasteiger charge is -2.12. The molecule has 0 spiro atoms. The number of hydrogen-bond donors (Lipinski definition) is 3. The second-order valence-electron chi connectivity index (χ2n) is 5.24. The van der Waals surface area contributed by atoms with Gasteiger partial charge in [0.1, 0.15) is 17.5 Å². The van der Waals surface area contributed by atoms with Gasteiger partial charge in [-0.05, 0) is 25.8 Å². The maximum atomic E-state index is 5.49. The van der Waals surface area contributed by atoms with Crippen LogP contribution in [0.15, 0.2) is 30.3 Å². The average Bonchev–Trinajstić information content (AvgIpc) is 3.22. The van der Waals surface area contributed by atoms with Gasteiger partial charge in [0.05, 0.1) is 0 Å². The van der Waals surface area contributed by atoms with Gasteiger partial charge in [-0.15, -0.1) is 0 Å². The van der Waals surface area contributed by atoms with E-state index in [0.29, 0.717) is 23.6 Å². The highest BCUT2D eigenvalue weighted by atomic mass is 15.3. The summed E-state index contributed by atoms with van der Waals surface area (Å²) in [5.74, 6) is 8.31. The summed E-state index contributed by atoms with van der Waals surface area (Å²) in [6.07, 6.45) is 1.14. The Labute approximate surface area is 118 Å². The van der Waals surface area contributed by atoms with Gasteiger partial charge >= 0.3 is 0 Å². The lowest BCUT2D eigenvalue weighted by atomic mass is 10.1. The topological polar surface area (TPSA) is 75.9 Å². The number of nitrogens with zero attached hydrogens (tertiary/aromatic N) is 2. The van der Waals surface area contributed by atoms with Gasteiger partial charge in [-0.2, -0.15) is 0 Å². The van der Waals surface area contributed by atoms with E-state index >= 15 is 0 Å². The fourth-order valence-electron chi connectivity index (χ4n) is 2.51. The summed E-state index contributed by atoms with van der Waals surface area (Å²) < 4.78 is 0. The Hall–Kier alpha value is -2.14. The summed E-state index contributed by atoms with van der Waals surface area (Å²) in [5.41, 5.74) is 4.96. The number of aromatic nitrogens is 2. The van der Waals surface area contributed by atoms with Crippen molar-refractivity contribution in [2.45, 2.75) is 32.2 Å². The number of anilines is 2. The molecule has 1 saturated carbocycles. The van der Waals surface area contributed by atoms with E-state index in [1.807, 2.05) is 19.9 Å². The molecule has 1 aromatic heterocycles. The molecule has 5 nitrogen and oxygen atoms in total. The lowest BCUT2D eigenvalue weighted by Crippen LogP contribution is -2.15. The van der Waals surface area contributed by atoms with Gasteiger partial charge in [-0.25, -0.2) is 15.8 Å². The second-order valence-corrected chi connectivity index (χ2v) is 5.24. The van der Waals surface area contributed by atoms with E-state index in [1.165, 1.54) is 5.56 Å². The van der Waals surface area contributed by atoms with E-state index in [0.717, 1.165) is 17.8 Å². The summed E-state index contributed by atoms with van der Waals surface area (Å²) in [5, 5.41) is 3.50. The Morgan fingerprint density at radius 1 is 1.10 bits per heavy atom. The second kappa shape index (κ2) is 5.09. The fraction of sp³-hybridized carbons (Fsp3) is 0.333. The lowest BCUT2D eigenvalue weighted by molar-refractivity contribution is 0.977. The molecular formula is C15H19N5. The van der Waals surface area contributed by atoms with Crippen molar-refractivity contribution >= 4 is 11.6 Å². The molecule has 5 heteroatoms. The largest absolute Gasteiger partial charge is 0.366 e. The third kappa shape index (κ3) is 2.44. The van der Waals surface area contributed by atoms with Crippen molar-refractivity contribution in [2.75, 3.05) is 10.7 Å². The van der Waals surface area contributed by atoms with Gasteiger partial charge in [0.15, 0.2) is 0 Å². The summed E-state index contributed by atoms with van der Waals surface area (Å²) >= 11 is 0. The Bertz CT molecular complexity index is 611.